The van der Waals surface area contributed by atoms with Crippen molar-refractivity contribution >= 4 is 24.2 Å². The predicted molar refractivity (Wildman–Crippen MR) is 67.1 cm³/mol. The SMILES string of the molecule is CCC(=O)N/N=C\C=N/NC(=O)c1ccncc1. The summed E-state index contributed by atoms with van der Waals surface area (Å²) in [5.41, 5.74) is 5.03. The van der Waals surface area contributed by atoms with Crippen LogP contribution in [0.4, 0.5) is 0 Å². The Morgan fingerprint density at radius 3 is 2.44 bits per heavy atom. The van der Waals surface area contributed by atoms with Gasteiger partial charge >= 0.3 is 0 Å². The molecule has 0 spiro atoms. The van der Waals surface area contributed by atoms with Crippen molar-refractivity contribution in [2.24, 2.45) is 10.2 Å². The minimum atomic E-state index is -0.348. The van der Waals surface area contributed by atoms with Crippen molar-refractivity contribution in [2.45, 2.75) is 13.3 Å². The smallest absolute Gasteiger partial charge is 0.271 e. The molecule has 1 heterocycles. The van der Waals surface area contributed by atoms with E-state index in [1.807, 2.05) is 0 Å². The van der Waals surface area contributed by atoms with E-state index < -0.39 is 0 Å². The molecule has 2 amide bonds. The van der Waals surface area contributed by atoms with Gasteiger partial charge in [-0.3, -0.25) is 14.6 Å². The standard InChI is InChI=1S/C11H13N5O2/c1-2-10(17)15-13-7-8-14-16-11(18)9-3-5-12-6-4-9/h3-8H,2H2,1H3,(H,15,17)(H,16,18)/b13-7-,14-8-. The summed E-state index contributed by atoms with van der Waals surface area (Å²) in [5.74, 6) is -0.542. The number of amides is 2. The molecule has 0 saturated heterocycles. The maximum atomic E-state index is 11.5. The lowest BCUT2D eigenvalue weighted by molar-refractivity contribution is -0.120. The Morgan fingerprint density at radius 1 is 1.22 bits per heavy atom. The summed E-state index contributed by atoms with van der Waals surface area (Å²) in [5, 5.41) is 7.20. The first-order valence-corrected chi connectivity index (χ1v) is 5.28. The van der Waals surface area contributed by atoms with Crippen LogP contribution in [0.3, 0.4) is 0 Å². The van der Waals surface area contributed by atoms with Gasteiger partial charge in [0.2, 0.25) is 5.91 Å². The second-order valence-corrected chi connectivity index (χ2v) is 3.12. The van der Waals surface area contributed by atoms with Crippen molar-refractivity contribution < 1.29 is 9.59 Å². The average molecular weight is 247 g/mol. The van der Waals surface area contributed by atoms with Gasteiger partial charge in [0.25, 0.3) is 5.91 Å². The molecule has 94 valence electrons. The van der Waals surface area contributed by atoms with E-state index in [1.54, 1.807) is 19.1 Å². The normalized spacial score (nSPS) is 10.7. The molecule has 1 aromatic heterocycles. The Kier molecular flexibility index (Phi) is 5.74. The van der Waals surface area contributed by atoms with Crippen LogP contribution in [0.5, 0.6) is 0 Å². The maximum absolute atomic E-state index is 11.5. The third kappa shape index (κ3) is 4.97. The lowest BCUT2D eigenvalue weighted by Crippen LogP contribution is -2.18. The Morgan fingerprint density at radius 2 is 1.83 bits per heavy atom. The largest absolute Gasteiger partial charge is 0.273 e. The number of nitrogens with one attached hydrogen (secondary N) is 2. The van der Waals surface area contributed by atoms with Crippen LogP contribution in [0, 0.1) is 0 Å². The Balaban J connectivity index is 2.33. The zero-order valence-electron chi connectivity index (χ0n) is 9.83. The van der Waals surface area contributed by atoms with Gasteiger partial charge in [-0.2, -0.15) is 10.2 Å². The third-order valence-electron chi connectivity index (χ3n) is 1.83. The highest BCUT2D eigenvalue weighted by molar-refractivity contribution is 6.16. The van der Waals surface area contributed by atoms with Gasteiger partial charge in [-0.05, 0) is 12.1 Å². The lowest BCUT2D eigenvalue weighted by atomic mass is 10.3. The first-order valence-electron chi connectivity index (χ1n) is 5.28. The average Bonchev–Trinajstić information content (AvgIpc) is 2.43. The molecule has 7 nitrogen and oxygen atoms in total. The van der Waals surface area contributed by atoms with E-state index in [2.05, 4.69) is 26.0 Å². The molecule has 0 atom stereocenters. The first-order chi connectivity index (χ1) is 8.74. The monoisotopic (exact) mass is 247 g/mol. The van der Waals surface area contributed by atoms with E-state index in [-0.39, 0.29) is 11.8 Å². The molecular formula is C11H13N5O2. The minimum Gasteiger partial charge on any atom is -0.273 e. The van der Waals surface area contributed by atoms with E-state index in [0.717, 1.165) is 0 Å². The molecule has 2 N–H and O–H groups in total. The molecule has 0 aliphatic carbocycles. The highest BCUT2D eigenvalue weighted by atomic mass is 16.2. The van der Waals surface area contributed by atoms with Crippen LogP contribution in [0.2, 0.25) is 0 Å². The van der Waals surface area contributed by atoms with E-state index in [1.165, 1.54) is 24.8 Å². The van der Waals surface area contributed by atoms with Crippen molar-refractivity contribution in [3.05, 3.63) is 30.1 Å². The summed E-state index contributed by atoms with van der Waals surface area (Å²) in [6.07, 6.45) is 5.91. The Labute approximate surface area is 104 Å². The van der Waals surface area contributed by atoms with Gasteiger partial charge in [-0.25, -0.2) is 10.9 Å². The molecule has 7 heteroatoms. The minimum absolute atomic E-state index is 0.194. The topological polar surface area (TPSA) is 95.8 Å². The van der Waals surface area contributed by atoms with E-state index >= 15 is 0 Å². The van der Waals surface area contributed by atoms with Crippen LogP contribution >= 0.6 is 0 Å². The predicted octanol–water partition coefficient (Wildman–Crippen LogP) is 0.309. The van der Waals surface area contributed by atoms with Gasteiger partial charge in [0.15, 0.2) is 0 Å². The van der Waals surface area contributed by atoms with Crippen molar-refractivity contribution in [2.75, 3.05) is 0 Å². The zero-order chi connectivity index (χ0) is 13.2. The van der Waals surface area contributed by atoms with Crippen LogP contribution in [0.25, 0.3) is 0 Å². The number of rotatable bonds is 5. The molecule has 0 saturated carbocycles. The highest BCUT2D eigenvalue weighted by Gasteiger charge is 2.01. The van der Waals surface area contributed by atoms with Crippen LogP contribution < -0.4 is 10.9 Å². The summed E-state index contributed by atoms with van der Waals surface area (Å²) in [6, 6.07) is 3.14. The second kappa shape index (κ2) is 7.66. The molecule has 0 fully saturated rings. The molecular weight excluding hydrogens is 234 g/mol. The highest BCUT2D eigenvalue weighted by Crippen LogP contribution is 1.94. The summed E-state index contributed by atoms with van der Waals surface area (Å²) in [6.45, 7) is 1.72. The summed E-state index contributed by atoms with van der Waals surface area (Å²) in [4.78, 5) is 26.1. The number of aromatic nitrogens is 1. The first kappa shape index (κ1) is 13.5. The van der Waals surface area contributed by atoms with Gasteiger partial charge in [-0.1, -0.05) is 6.92 Å². The molecule has 0 bridgehead atoms. The Hall–Kier alpha value is -2.57. The third-order valence-corrected chi connectivity index (χ3v) is 1.83. The molecule has 0 aliphatic rings. The molecule has 1 rings (SSSR count). The number of carbonyl (C=O) groups excluding carboxylic acids is 2. The van der Waals surface area contributed by atoms with Crippen LogP contribution in [-0.2, 0) is 4.79 Å². The van der Waals surface area contributed by atoms with E-state index in [9.17, 15) is 9.59 Å². The molecule has 18 heavy (non-hydrogen) atoms. The fourth-order valence-corrected chi connectivity index (χ4v) is 0.919. The summed E-state index contributed by atoms with van der Waals surface area (Å²) >= 11 is 0. The summed E-state index contributed by atoms with van der Waals surface area (Å²) < 4.78 is 0. The van der Waals surface area contributed by atoms with Crippen molar-refractivity contribution in [3.63, 3.8) is 0 Å². The molecule has 1 aromatic rings. The summed E-state index contributed by atoms with van der Waals surface area (Å²) in [7, 11) is 0. The van der Waals surface area contributed by atoms with Gasteiger partial charge in [-0.15, -0.1) is 0 Å². The molecule has 0 aliphatic heterocycles. The van der Waals surface area contributed by atoms with Crippen LogP contribution in [0.1, 0.15) is 23.7 Å². The van der Waals surface area contributed by atoms with Gasteiger partial charge in [0, 0.05) is 24.4 Å². The lowest BCUT2D eigenvalue weighted by Gasteiger charge is -1.97. The molecule has 0 aromatic carbocycles. The number of hydrogen-bond donors (Lipinski definition) is 2. The fourth-order valence-electron chi connectivity index (χ4n) is 0.919. The van der Waals surface area contributed by atoms with Crippen LogP contribution in [0.15, 0.2) is 34.7 Å². The van der Waals surface area contributed by atoms with Gasteiger partial charge in [0.05, 0.1) is 12.4 Å². The second-order valence-electron chi connectivity index (χ2n) is 3.12. The van der Waals surface area contributed by atoms with Crippen molar-refractivity contribution in [1.82, 2.24) is 15.8 Å². The molecule has 0 unspecified atom stereocenters. The van der Waals surface area contributed by atoms with E-state index in [0.29, 0.717) is 12.0 Å². The quantitative estimate of drug-likeness (QED) is 0.579. The number of hydrogen-bond acceptors (Lipinski definition) is 5. The fraction of sp³-hybridized carbons (Fsp3) is 0.182. The maximum Gasteiger partial charge on any atom is 0.271 e. The van der Waals surface area contributed by atoms with E-state index in [4.69, 9.17) is 0 Å². The van der Waals surface area contributed by atoms with Gasteiger partial charge < -0.3 is 0 Å². The molecule has 0 radical (unpaired) electrons. The number of nitrogens with zero attached hydrogens (tertiary/aromatic N) is 3. The van der Waals surface area contributed by atoms with Crippen molar-refractivity contribution in [1.29, 1.82) is 0 Å². The van der Waals surface area contributed by atoms with Crippen molar-refractivity contribution in [3.8, 4) is 0 Å². The number of pyridine rings is 1. The van der Waals surface area contributed by atoms with Gasteiger partial charge in [0.1, 0.15) is 0 Å². The number of hydrazone groups is 2. The van der Waals surface area contributed by atoms with Crippen LogP contribution in [-0.4, -0.2) is 29.2 Å². The Bertz CT molecular complexity index is 456. The number of carbonyl (C=O) groups is 2. The zero-order valence-corrected chi connectivity index (χ0v) is 9.83.